The molecule has 4 heteroatoms. The van der Waals surface area contributed by atoms with E-state index in [0.717, 1.165) is 22.3 Å². The predicted octanol–water partition coefficient (Wildman–Crippen LogP) is 4.11. The third kappa shape index (κ3) is 2.94. The minimum atomic E-state index is -0.230. The van der Waals surface area contributed by atoms with E-state index in [0.29, 0.717) is 5.92 Å². The molecule has 1 heterocycles. The van der Waals surface area contributed by atoms with Crippen molar-refractivity contribution in [1.29, 1.82) is 0 Å². The van der Waals surface area contributed by atoms with Crippen molar-refractivity contribution in [3.8, 4) is 11.3 Å². The van der Waals surface area contributed by atoms with Crippen LogP contribution in [0, 0.1) is 11.7 Å². The minimum Gasteiger partial charge on any atom is -0.271 e. The van der Waals surface area contributed by atoms with Gasteiger partial charge < -0.3 is 0 Å². The van der Waals surface area contributed by atoms with Gasteiger partial charge in [-0.3, -0.25) is 4.68 Å². The van der Waals surface area contributed by atoms with E-state index in [2.05, 4.69) is 34.9 Å². The number of hydrogen-bond donors (Lipinski definition) is 0. The van der Waals surface area contributed by atoms with Crippen molar-refractivity contribution in [3.63, 3.8) is 0 Å². The Morgan fingerprint density at radius 3 is 2.53 bits per heavy atom. The summed E-state index contributed by atoms with van der Waals surface area (Å²) < 4.78 is 15.7. The first-order valence-corrected chi connectivity index (χ1v) is 6.34. The lowest BCUT2D eigenvalue weighted by atomic mass is 10.1. The molecular weight excluding hydrogens is 283 g/mol. The SMILES string of the molecule is CC(C)Cn1cc(Br)c(-c2ccc(F)cc2)n1. The molecule has 0 N–H and O–H groups in total. The highest BCUT2D eigenvalue weighted by atomic mass is 79.9. The standard InChI is InChI=1S/C13H14BrFN2/c1-9(2)7-17-8-12(14)13(16-17)10-3-5-11(15)6-4-10/h3-6,8-9H,7H2,1-2H3. The fourth-order valence-electron chi connectivity index (χ4n) is 1.67. The number of rotatable bonds is 3. The monoisotopic (exact) mass is 296 g/mol. The van der Waals surface area contributed by atoms with Crippen LogP contribution in [0.3, 0.4) is 0 Å². The van der Waals surface area contributed by atoms with E-state index in [4.69, 9.17) is 0 Å². The van der Waals surface area contributed by atoms with Crippen molar-refractivity contribution in [2.45, 2.75) is 20.4 Å². The molecule has 0 aliphatic heterocycles. The van der Waals surface area contributed by atoms with Gasteiger partial charge >= 0.3 is 0 Å². The van der Waals surface area contributed by atoms with Gasteiger partial charge in [-0.1, -0.05) is 13.8 Å². The molecule has 0 amide bonds. The second-order valence-corrected chi connectivity index (χ2v) is 5.30. The van der Waals surface area contributed by atoms with Crippen LogP contribution in [0.2, 0.25) is 0 Å². The van der Waals surface area contributed by atoms with Crippen LogP contribution >= 0.6 is 15.9 Å². The highest BCUT2D eigenvalue weighted by Crippen LogP contribution is 2.26. The number of halogens is 2. The van der Waals surface area contributed by atoms with Gasteiger partial charge in [-0.15, -0.1) is 0 Å². The van der Waals surface area contributed by atoms with Crippen LogP contribution in [0.1, 0.15) is 13.8 Å². The maximum absolute atomic E-state index is 12.8. The highest BCUT2D eigenvalue weighted by Gasteiger charge is 2.09. The Hall–Kier alpha value is -1.16. The third-order valence-electron chi connectivity index (χ3n) is 2.39. The van der Waals surface area contributed by atoms with Crippen LogP contribution in [0.25, 0.3) is 11.3 Å². The molecule has 0 spiro atoms. The van der Waals surface area contributed by atoms with E-state index in [1.54, 1.807) is 12.1 Å². The smallest absolute Gasteiger partial charge is 0.123 e. The maximum Gasteiger partial charge on any atom is 0.123 e. The average Bonchev–Trinajstić information content (AvgIpc) is 2.59. The van der Waals surface area contributed by atoms with Gasteiger partial charge in [-0.2, -0.15) is 5.10 Å². The Balaban J connectivity index is 2.32. The Labute approximate surface area is 109 Å². The maximum atomic E-state index is 12.8. The molecule has 0 unspecified atom stereocenters. The summed E-state index contributed by atoms with van der Waals surface area (Å²) in [5.41, 5.74) is 1.77. The zero-order valence-corrected chi connectivity index (χ0v) is 11.4. The third-order valence-corrected chi connectivity index (χ3v) is 2.97. The van der Waals surface area contributed by atoms with Crippen LogP contribution in [-0.2, 0) is 6.54 Å². The van der Waals surface area contributed by atoms with Crippen molar-refractivity contribution < 1.29 is 4.39 Å². The molecule has 2 rings (SSSR count). The molecule has 1 aromatic heterocycles. The first kappa shape index (κ1) is 12.3. The number of hydrogen-bond acceptors (Lipinski definition) is 1. The van der Waals surface area contributed by atoms with Gasteiger partial charge in [0.1, 0.15) is 11.5 Å². The van der Waals surface area contributed by atoms with Gasteiger partial charge in [0.05, 0.1) is 4.47 Å². The second-order valence-electron chi connectivity index (χ2n) is 4.45. The molecule has 2 nitrogen and oxygen atoms in total. The Bertz CT molecular complexity index is 503. The summed E-state index contributed by atoms with van der Waals surface area (Å²) in [6.07, 6.45) is 1.96. The normalized spacial score (nSPS) is 11.1. The Morgan fingerprint density at radius 1 is 1.29 bits per heavy atom. The molecule has 0 bridgehead atoms. The number of benzene rings is 1. The predicted molar refractivity (Wildman–Crippen MR) is 70.2 cm³/mol. The highest BCUT2D eigenvalue weighted by molar-refractivity contribution is 9.10. The molecule has 2 aromatic rings. The summed E-state index contributed by atoms with van der Waals surface area (Å²) in [7, 11) is 0. The van der Waals surface area contributed by atoms with Gasteiger partial charge in [0, 0.05) is 18.3 Å². The van der Waals surface area contributed by atoms with Crippen LogP contribution in [0.15, 0.2) is 34.9 Å². The fraction of sp³-hybridized carbons (Fsp3) is 0.308. The van der Waals surface area contributed by atoms with Crippen molar-refractivity contribution >= 4 is 15.9 Å². The number of aromatic nitrogens is 2. The first-order valence-electron chi connectivity index (χ1n) is 5.55. The van der Waals surface area contributed by atoms with E-state index in [1.165, 1.54) is 12.1 Å². The molecule has 0 radical (unpaired) electrons. The zero-order valence-electron chi connectivity index (χ0n) is 9.82. The summed E-state index contributed by atoms with van der Waals surface area (Å²) >= 11 is 3.49. The molecule has 0 aliphatic rings. The first-order chi connectivity index (χ1) is 8.06. The van der Waals surface area contributed by atoms with E-state index >= 15 is 0 Å². The zero-order chi connectivity index (χ0) is 12.4. The van der Waals surface area contributed by atoms with Gasteiger partial charge in [-0.25, -0.2) is 4.39 Å². The summed E-state index contributed by atoms with van der Waals surface area (Å²) in [5, 5.41) is 4.50. The lowest BCUT2D eigenvalue weighted by molar-refractivity contribution is 0.484. The van der Waals surface area contributed by atoms with Crippen molar-refractivity contribution in [2.75, 3.05) is 0 Å². The summed E-state index contributed by atoms with van der Waals surface area (Å²) in [6.45, 7) is 5.17. The quantitative estimate of drug-likeness (QED) is 0.833. The van der Waals surface area contributed by atoms with Crippen LogP contribution in [0.5, 0.6) is 0 Å². The molecule has 17 heavy (non-hydrogen) atoms. The number of nitrogens with zero attached hydrogens (tertiary/aromatic N) is 2. The lowest BCUT2D eigenvalue weighted by Gasteiger charge is -2.03. The average molecular weight is 297 g/mol. The van der Waals surface area contributed by atoms with Gasteiger partial charge in [0.25, 0.3) is 0 Å². The van der Waals surface area contributed by atoms with Crippen LogP contribution in [0.4, 0.5) is 4.39 Å². The van der Waals surface area contributed by atoms with E-state index in [1.807, 2.05) is 10.9 Å². The second kappa shape index (κ2) is 5.00. The largest absolute Gasteiger partial charge is 0.271 e. The molecular formula is C13H14BrFN2. The topological polar surface area (TPSA) is 17.8 Å². The fourth-order valence-corrected chi connectivity index (χ4v) is 2.21. The van der Waals surface area contributed by atoms with Crippen molar-refractivity contribution in [1.82, 2.24) is 9.78 Å². The Kier molecular flexibility index (Phi) is 3.62. The van der Waals surface area contributed by atoms with Gasteiger partial charge in [0.15, 0.2) is 0 Å². The molecule has 0 fully saturated rings. The van der Waals surface area contributed by atoms with Crippen molar-refractivity contribution in [3.05, 3.63) is 40.8 Å². The van der Waals surface area contributed by atoms with Gasteiger partial charge in [-0.05, 0) is 46.1 Å². The Morgan fingerprint density at radius 2 is 1.94 bits per heavy atom. The van der Waals surface area contributed by atoms with E-state index in [-0.39, 0.29) is 5.82 Å². The van der Waals surface area contributed by atoms with Gasteiger partial charge in [0.2, 0.25) is 0 Å². The minimum absolute atomic E-state index is 0.230. The summed E-state index contributed by atoms with van der Waals surface area (Å²) in [5.74, 6) is 0.314. The van der Waals surface area contributed by atoms with Crippen LogP contribution < -0.4 is 0 Å². The molecule has 0 saturated heterocycles. The lowest BCUT2D eigenvalue weighted by Crippen LogP contribution is -2.04. The molecule has 0 saturated carbocycles. The van der Waals surface area contributed by atoms with E-state index in [9.17, 15) is 4.39 Å². The molecule has 0 atom stereocenters. The molecule has 0 aliphatic carbocycles. The summed E-state index contributed by atoms with van der Waals surface area (Å²) in [4.78, 5) is 0. The van der Waals surface area contributed by atoms with Crippen LogP contribution in [-0.4, -0.2) is 9.78 Å². The molecule has 90 valence electrons. The van der Waals surface area contributed by atoms with E-state index < -0.39 is 0 Å². The molecule has 1 aromatic carbocycles. The van der Waals surface area contributed by atoms with Crippen molar-refractivity contribution in [2.24, 2.45) is 5.92 Å². The summed E-state index contributed by atoms with van der Waals surface area (Å²) in [6, 6.07) is 6.37.